The third kappa shape index (κ3) is 3.19. The summed E-state index contributed by atoms with van der Waals surface area (Å²) in [7, 11) is 2.05. The molecular weight excluding hydrogens is 268 g/mol. The maximum Gasteiger partial charge on any atom is 0.182 e. The van der Waals surface area contributed by atoms with E-state index in [1.165, 1.54) is 12.1 Å². The maximum atomic E-state index is 13.9. The predicted octanol–water partition coefficient (Wildman–Crippen LogP) is 2.11. The predicted molar refractivity (Wildman–Crippen MR) is 76.4 cm³/mol. The molecule has 0 atom stereocenters. The third-order valence-corrected chi connectivity index (χ3v) is 3.65. The summed E-state index contributed by atoms with van der Waals surface area (Å²) >= 11 is 4.67. The van der Waals surface area contributed by atoms with Gasteiger partial charge in [0, 0.05) is 11.6 Å². The standard InChI is InChI=1S/C13H17F2N3S/c1-18-6-4-8(5-7-18)17-10-3-2-9(13(16)19)11(14)12(10)15/h2-3,8,17H,4-7H2,1H3,(H2,16,19). The van der Waals surface area contributed by atoms with E-state index < -0.39 is 11.6 Å². The van der Waals surface area contributed by atoms with E-state index in [2.05, 4.69) is 22.4 Å². The Balaban J connectivity index is 2.13. The number of nitrogens with one attached hydrogen (secondary N) is 1. The lowest BCUT2D eigenvalue weighted by atomic mass is 10.0. The van der Waals surface area contributed by atoms with E-state index in [0.717, 1.165) is 25.9 Å². The minimum atomic E-state index is -0.981. The van der Waals surface area contributed by atoms with Crippen LogP contribution in [0.15, 0.2) is 12.1 Å². The fourth-order valence-corrected chi connectivity index (χ4v) is 2.38. The van der Waals surface area contributed by atoms with Crippen LogP contribution in [-0.2, 0) is 0 Å². The molecular formula is C13H17F2N3S. The van der Waals surface area contributed by atoms with Crippen molar-refractivity contribution in [3.8, 4) is 0 Å². The number of nitrogens with zero attached hydrogens (tertiary/aromatic N) is 1. The van der Waals surface area contributed by atoms with Crippen molar-refractivity contribution in [2.24, 2.45) is 5.73 Å². The van der Waals surface area contributed by atoms with Gasteiger partial charge in [0.1, 0.15) is 4.99 Å². The number of nitrogens with two attached hydrogens (primary N) is 1. The first-order valence-electron chi connectivity index (χ1n) is 6.22. The number of likely N-dealkylation sites (tertiary alicyclic amines) is 1. The average Bonchev–Trinajstić information content (AvgIpc) is 2.37. The average molecular weight is 285 g/mol. The Morgan fingerprint density at radius 3 is 2.53 bits per heavy atom. The van der Waals surface area contributed by atoms with Crippen LogP contribution in [0.4, 0.5) is 14.5 Å². The summed E-state index contributed by atoms with van der Waals surface area (Å²) in [5.74, 6) is -1.89. The number of piperidine rings is 1. The molecule has 6 heteroatoms. The zero-order valence-electron chi connectivity index (χ0n) is 10.7. The minimum absolute atomic E-state index is 0.0542. The number of benzene rings is 1. The van der Waals surface area contributed by atoms with Crippen LogP contribution in [0, 0.1) is 11.6 Å². The summed E-state index contributed by atoms with van der Waals surface area (Å²) in [6.07, 6.45) is 1.82. The SMILES string of the molecule is CN1CCC(Nc2ccc(C(N)=S)c(F)c2F)CC1. The molecule has 0 saturated carbocycles. The monoisotopic (exact) mass is 285 g/mol. The zero-order chi connectivity index (χ0) is 14.0. The number of thiocarbonyl (C=S) groups is 1. The van der Waals surface area contributed by atoms with Crippen LogP contribution in [-0.4, -0.2) is 36.1 Å². The zero-order valence-corrected chi connectivity index (χ0v) is 11.6. The van der Waals surface area contributed by atoms with Crippen LogP contribution in [0.3, 0.4) is 0 Å². The third-order valence-electron chi connectivity index (χ3n) is 3.43. The summed E-state index contributed by atoms with van der Waals surface area (Å²) in [4.78, 5) is 2.08. The number of rotatable bonds is 3. The molecule has 0 bridgehead atoms. The lowest BCUT2D eigenvalue weighted by molar-refractivity contribution is 0.263. The Morgan fingerprint density at radius 1 is 1.32 bits per heavy atom. The Kier molecular flexibility index (Phi) is 4.31. The van der Waals surface area contributed by atoms with E-state index in [4.69, 9.17) is 5.73 Å². The van der Waals surface area contributed by atoms with Gasteiger partial charge in [-0.2, -0.15) is 0 Å². The molecule has 3 N–H and O–H groups in total. The number of hydrogen-bond donors (Lipinski definition) is 2. The Bertz CT molecular complexity index is 485. The maximum absolute atomic E-state index is 13.9. The second kappa shape index (κ2) is 5.79. The van der Waals surface area contributed by atoms with Gasteiger partial charge in [-0.3, -0.25) is 0 Å². The van der Waals surface area contributed by atoms with Crippen molar-refractivity contribution in [1.29, 1.82) is 0 Å². The second-order valence-electron chi connectivity index (χ2n) is 4.87. The topological polar surface area (TPSA) is 41.3 Å². The van der Waals surface area contributed by atoms with Crippen molar-refractivity contribution < 1.29 is 8.78 Å². The molecule has 0 radical (unpaired) electrons. The highest BCUT2D eigenvalue weighted by Crippen LogP contribution is 2.23. The quantitative estimate of drug-likeness (QED) is 0.835. The lowest BCUT2D eigenvalue weighted by Crippen LogP contribution is -2.37. The largest absolute Gasteiger partial charge is 0.389 e. The summed E-state index contributed by atoms with van der Waals surface area (Å²) in [6, 6.07) is 3.07. The summed E-state index contributed by atoms with van der Waals surface area (Å²) < 4.78 is 27.6. The van der Waals surface area contributed by atoms with Crippen LogP contribution >= 0.6 is 12.2 Å². The molecule has 1 aliphatic heterocycles. The van der Waals surface area contributed by atoms with Crippen molar-refractivity contribution in [1.82, 2.24) is 4.90 Å². The van der Waals surface area contributed by atoms with E-state index in [9.17, 15) is 8.78 Å². The van der Waals surface area contributed by atoms with Crippen molar-refractivity contribution >= 4 is 22.9 Å². The molecule has 1 saturated heterocycles. The molecule has 1 heterocycles. The first kappa shape index (κ1) is 14.1. The van der Waals surface area contributed by atoms with Gasteiger partial charge in [-0.05, 0) is 45.1 Å². The van der Waals surface area contributed by atoms with Crippen LogP contribution < -0.4 is 11.1 Å². The number of anilines is 1. The normalized spacial score (nSPS) is 17.4. The molecule has 3 nitrogen and oxygen atoms in total. The van der Waals surface area contributed by atoms with Gasteiger partial charge in [0.2, 0.25) is 0 Å². The van der Waals surface area contributed by atoms with Crippen LogP contribution in [0.2, 0.25) is 0 Å². The molecule has 0 amide bonds. The molecule has 1 aromatic carbocycles. The molecule has 104 valence electrons. The summed E-state index contributed by atoms with van der Waals surface area (Å²) in [5.41, 5.74) is 5.45. The van der Waals surface area contributed by atoms with Gasteiger partial charge in [0.05, 0.1) is 5.69 Å². The highest BCUT2D eigenvalue weighted by Gasteiger charge is 2.20. The number of hydrogen-bond acceptors (Lipinski definition) is 3. The Labute approximate surface area is 116 Å². The fourth-order valence-electron chi connectivity index (χ4n) is 2.22. The lowest BCUT2D eigenvalue weighted by Gasteiger charge is -2.30. The highest BCUT2D eigenvalue weighted by molar-refractivity contribution is 7.80. The highest BCUT2D eigenvalue weighted by atomic mass is 32.1. The molecule has 0 aliphatic carbocycles. The van der Waals surface area contributed by atoms with Gasteiger partial charge in [-0.25, -0.2) is 8.78 Å². The Morgan fingerprint density at radius 2 is 1.95 bits per heavy atom. The minimum Gasteiger partial charge on any atom is -0.389 e. The molecule has 0 spiro atoms. The molecule has 1 aliphatic rings. The van der Waals surface area contributed by atoms with E-state index in [1.807, 2.05) is 7.05 Å². The van der Waals surface area contributed by atoms with Crippen LogP contribution in [0.5, 0.6) is 0 Å². The second-order valence-corrected chi connectivity index (χ2v) is 5.31. The molecule has 0 aromatic heterocycles. The molecule has 1 aromatic rings. The fraction of sp³-hybridized carbons (Fsp3) is 0.462. The van der Waals surface area contributed by atoms with Gasteiger partial charge in [-0.15, -0.1) is 0 Å². The smallest absolute Gasteiger partial charge is 0.182 e. The van der Waals surface area contributed by atoms with Crippen molar-refractivity contribution in [2.75, 3.05) is 25.5 Å². The molecule has 2 rings (SSSR count). The first-order chi connectivity index (χ1) is 8.99. The summed E-state index contributed by atoms with van der Waals surface area (Å²) in [5, 5.41) is 3.05. The Hall–Kier alpha value is -1.27. The number of halogens is 2. The molecule has 19 heavy (non-hydrogen) atoms. The van der Waals surface area contributed by atoms with Crippen molar-refractivity contribution in [3.63, 3.8) is 0 Å². The van der Waals surface area contributed by atoms with Crippen LogP contribution in [0.25, 0.3) is 0 Å². The first-order valence-corrected chi connectivity index (χ1v) is 6.62. The van der Waals surface area contributed by atoms with Crippen LogP contribution in [0.1, 0.15) is 18.4 Å². The van der Waals surface area contributed by atoms with E-state index in [1.54, 1.807) is 0 Å². The van der Waals surface area contributed by atoms with E-state index in [0.29, 0.717) is 0 Å². The van der Waals surface area contributed by atoms with Crippen molar-refractivity contribution in [3.05, 3.63) is 29.3 Å². The van der Waals surface area contributed by atoms with Gasteiger partial charge < -0.3 is 16.0 Å². The van der Waals surface area contributed by atoms with Gasteiger partial charge in [-0.1, -0.05) is 12.2 Å². The van der Waals surface area contributed by atoms with Crippen molar-refractivity contribution in [2.45, 2.75) is 18.9 Å². The van der Waals surface area contributed by atoms with Gasteiger partial charge in [0.25, 0.3) is 0 Å². The van der Waals surface area contributed by atoms with E-state index in [-0.39, 0.29) is 22.3 Å². The summed E-state index contributed by atoms with van der Waals surface area (Å²) in [6.45, 7) is 1.90. The molecule has 0 unspecified atom stereocenters. The van der Waals surface area contributed by atoms with Gasteiger partial charge in [0.15, 0.2) is 11.6 Å². The van der Waals surface area contributed by atoms with Gasteiger partial charge >= 0.3 is 0 Å². The molecule has 1 fully saturated rings. The van der Waals surface area contributed by atoms with E-state index >= 15 is 0 Å².